The molecule has 3 aliphatic rings. The number of piperidine rings is 1. The van der Waals surface area contributed by atoms with Gasteiger partial charge in [-0.2, -0.15) is 0 Å². The summed E-state index contributed by atoms with van der Waals surface area (Å²) in [5.74, 6) is 1.71. The molecule has 3 atom stereocenters. The minimum Gasteiger partial charge on any atom is -0.352 e. The number of amides is 1. The number of aryl methyl sites for hydroxylation is 2. The van der Waals surface area contributed by atoms with E-state index in [0.29, 0.717) is 23.7 Å². The summed E-state index contributed by atoms with van der Waals surface area (Å²) in [6, 6.07) is 7.17. The topological polar surface area (TPSA) is 85.4 Å². The maximum absolute atomic E-state index is 13.6. The Bertz CT molecular complexity index is 1370. The monoisotopic (exact) mass is 490 g/mol. The number of aromatic nitrogens is 4. The summed E-state index contributed by atoms with van der Waals surface area (Å²) in [5, 5.41) is 9.50. The van der Waals surface area contributed by atoms with E-state index in [9.17, 15) is 9.59 Å². The SMILES string of the molecule is Cc1c2c(cn1C)-n1c(C)nnc1[C@H](CC(=O)N1C3CCC1CC(=O)C3)N=C2c1ccc(Cl)cc1. The van der Waals surface area contributed by atoms with Crippen molar-refractivity contribution in [1.29, 1.82) is 0 Å². The minimum atomic E-state index is -0.497. The van der Waals surface area contributed by atoms with Crippen molar-refractivity contribution in [1.82, 2.24) is 24.2 Å². The molecule has 2 aromatic heterocycles. The molecular formula is C26H27ClN6O2. The Morgan fingerprint density at radius 1 is 1.09 bits per heavy atom. The number of aliphatic imine (C=N–C) groups is 1. The van der Waals surface area contributed by atoms with Crippen LogP contribution in [0.3, 0.4) is 0 Å². The van der Waals surface area contributed by atoms with Gasteiger partial charge < -0.3 is 9.47 Å². The highest BCUT2D eigenvalue weighted by Gasteiger charge is 2.43. The van der Waals surface area contributed by atoms with Crippen molar-refractivity contribution in [2.45, 2.75) is 64.1 Å². The lowest BCUT2D eigenvalue weighted by molar-refractivity contribution is -0.139. The number of fused-ring (bicyclic) bond motifs is 5. The van der Waals surface area contributed by atoms with Crippen LogP contribution in [-0.4, -0.2) is 53.7 Å². The highest BCUT2D eigenvalue weighted by Crippen LogP contribution is 2.38. The number of benzene rings is 1. The molecule has 3 aromatic rings. The van der Waals surface area contributed by atoms with Crippen molar-refractivity contribution in [3.8, 4) is 5.69 Å². The Morgan fingerprint density at radius 2 is 1.77 bits per heavy atom. The van der Waals surface area contributed by atoms with E-state index >= 15 is 0 Å². The van der Waals surface area contributed by atoms with Gasteiger partial charge in [0.15, 0.2) is 5.82 Å². The number of carbonyl (C=O) groups excluding carboxylic acids is 2. The predicted molar refractivity (Wildman–Crippen MR) is 132 cm³/mol. The number of ketones is 1. The van der Waals surface area contributed by atoms with Gasteiger partial charge in [0.2, 0.25) is 5.91 Å². The lowest BCUT2D eigenvalue weighted by Crippen LogP contribution is -2.47. The fraction of sp³-hybridized carbons (Fsp3) is 0.423. The number of hydrogen-bond donors (Lipinski definition) is 0. The molecule has 9 heteroatoms. The largest absolute Gasteiger partial charge is 0.352 e. The third-order valence-electron chi connectivity index (χ3n) is 7.69. The lowest BCUT2D eigenvalue weighted by atomic mass is 9.99. The molecule has 0 N–H and O–H groups in total. The summed E-state index contributed by atoms with van der Waals surface area (Å²) in [4.78, 5) is 32.9. The Balaban J connectivity index is 1.47. The molecule has 2 saturated heterocycles. The zero-order chi connectivity index (χ0) is 24.4. The smallest absolute Gasteiger partial charge is 0.225 e. The third kappa shape index (κ3) is 3.54. The van der Waals surface area contributed by atoms with Crippen LogP contribution in [0.2, 0.25) is 5.02 Å². The second kappa shape index (κ2) is 8.16. The Morgan fingerprint density at radius 3 is 2.46 bits per heavy atom. The van der Waals surface area contributed by atoms with E-state index in [4.69, 9.17) is 16.6 Å². The van der Waals surface area contributed by atoms with Crippen molar-refractivity contribution in [2.24, 2.45) is 12.0 Å². The van der Waals surface area contributed by atoms with Crippen LogP contribution in [0.5, 0.6) is 0 Å². The van der Waals surface area contributed by atoms with Crippen molar-refractivity contribution in [3.63, 3.8) is 0 Å². The second-order valence-electron chi connectivity index (χ2n) is 9.86. The Kier molecular flexibility index (Phi) is 5.18. The molecule has 0 spiro atoms. The third-order valence-corrected chi connectivity index (χ3v) is 7.95. The number of rotatable bonds is 3. The van der Waals surface area contributed by atoms with Gasteiger partial charge >= 0.3 is 0 Å². The van der Waals surface area contributed by atoms with Gasteiger partial charge in [0.25, 0.3) is 0 Å². The van der Waals surface area contributed by atoms with Crippen LogP contribution < -0.4 is 0 Å². The molecular weight excluding hydrogens is 464 g/mol. The van der Waals surface area contributed by atoms with Crippen LogP contribution in [0.15, 0.2) is 35.5 Å². The van der Waals surface area contributed by atoms with Gasteiger partial charge in [-0.05, 0) is 38.8 Å². The molecule has 0 radical (unpaired) electrons. The summed E-state index contributed by atoms with van der Waals surface area (Å²) < 4.78 is 4.11. The average Bonchev–Trinajstić information content (AvgIpc) is 3.40. The van der Waals surface area contributed by atoms with Gasteiger partial charge in [-0.15, -0.1) is 10.2 Å². The highest BCUT2D eigenvalue weighted by atomic mass is 35.5. The van der Waals surface area contributed by atoms with Crippen molar-refractivity contribution in [3.05, 3.63) is 64.0 Å². The molecule has 1 aromatic carbocycles. The fourth-order valence-corrected chi connectivity index (χ4v) is 6.08. The average molecular weight is 491 g/mol. The van der Waals surface area contributed by atoms with E-state index in [1.54, 1.807) is 0 Å². The number of Topliss-reactive ketones (excluding diaryl/α,β-unsaturated/α-hetero) is 1. The van der Waals surface area contributed by atoms with Crippen molar-refractivity contribution < 1.29 is 9.59 Å². The van der Waals surface area contributed by atoms with Crippen LogP contribution in [0.1, 0.15) is 66.6 Å². The number of nitrogens with zero attached hydrogens (tertiary/aromatic N) is 6. The highest BCUT2D eigenvalue weighted by molar-refractivity contribution is 6.30. The van der Waals surface area contributed by atoms with Crippen LogP contribution in [0, 0.1) is 13.8 Å². The molecule has 1 amide bonds. The van der Waals surface area contributed by atoms with E-state index in [-0.39, 0.29) is 30.2 Å². The van der Waals surface area contributed by atoms with Crippen LogP contribution in [-0.2, 0) is 16.6 Å². The molecule has 35 heavy (non-hydrogen) atoms. The number of halogens is 1. The molecule has 2 fully saturated rings. The summed E-state index contributed by atoms with van der Waals surface area (Å²) in [5.41, 5.74) is 4.76. The van der Waals surface area contributed by atoms with Gasteiger partial charge in [-0.3, -0.25) is 19.1 Å². The molecule has 5 heterocycles. The fourth-order valence-electron chi connectivity index (χ4n) is 5.95. The normalized spacial score (nSPS) is 23.1. The van der Waals surface area contributed by atoms with E-state index in [1.165, 1.54) is 0 Å². The maximum atomic E-state index is 13.6. The van der Waals surface area contributed by atoms with Gasteiger partial charge in [-0.1, -0.05) is 23.7 Å². The molecule has 2 unspecified atom stereocenters. The van der Waals surface area contributed by atoms with Gasteiger partial charge in [0.1, 0.15) is 17.6 Å². The predicted octanol–water partition coefficient (Wildman–Crippen LogP) is 3.88. The summed E-state index contributed by atoms with van der Waals surface area (Å²) >= 11 is 6.18. The quantitative estimate of drug-likeness (QED) is 0.557. The van der Waals surface area contributed by atoms with Crippen LogP contribution >= 0.6 is 11.6 Å². The Hall–Kier alpha value is -3.26. The molecule has 3 aliphatic heterocycles. The van der Waals surface area contributed by atoms with Gasteiger partial charge in [0, 0.05) is 60.0 Å². The standard InChI is InChI=1S/C26H27ClN6O2/c1-14-24-22(13-31(14)3)32-15(2)29-30-26(32)21(28-25(24)16-4-6-17(27)7-5-16)12-23(35)33-18-8-9-19(33)11-20(34)10-18/h4-7,13,18-19,21H,8-12H2,1-3H3/t18?,19?,21-/m0/s1. The number of hydrogen-bond acceptors (Lipinski definition) is 5. The van der Waals surface area contributed by atoms with Crippen molar-refractivity contribution >= 4 is 29.0 Å². The van der Waals surface area contributed by atoms with Crippen molar-refractivity contribution in [2.75, 3.05) is 0 Å². The van der Waals surface area contributed by atoms with Gasteiger partial charge in [0.05, 0.1) is 17.8 Å². The van der Waals surface area contributed by atoms with Gasteiger partial charge in [-0.25, -0.2) is 0 Å². The van der Waals surface area contributed by atoms with Crippen LogP contribution in [0.4, 0.5) is 0 Å². The zero-order valence-electron chi connectivity index (χ0n) is 20.0. The first-order valence-electron chi connectivity index (χ1n) is 12.1. The van der Waals surface area contributed by atoms with E-state index in [0.717, 1.165) is 46.9 Å². The van der Waals surface area contributed by atoms with Crippen LogP contribution in [0.25, 0.3) is 5.69 Å². The molecule has 180 valence electrons. The first-order valence-corrected chi connectivity index (χ1v) is 12.4. The molecule has 8 nitrogen and oxygen atoms in total. The summed E-state index contributed by atoms with van der Waals surface area (Å²) in [7, 11) is 2.01. The first-order chi connectivity index (χ1) is 16.8. The minimum absolute atomic E-state index is 0.0135. The maximum Gasteiger partial charge on any atom is 0.225 e. The first kappa shape index (κ1) is 22.2. The second-order valence-corrected chi connectivity index (χ2v) is 10.3. The van der Waals surface area contributed by atoms with E-state index < -0.39 is 6.04 Å². The zero-order valence-corrected chi connectivity index (χ0v) is 20.8. The molecule has 6 rings (SSSR count). The summed E-state index contributed by atoms with van der Waals surface area (Å²) in [6.45, 7) is 3.99. The molecule has 2 bridgehead atoms. The lowest BCUT2D eigenvalue weighted by Gasteiger charge is -2.34. The summed E-state index contributed by atoms with van der Waals surface area (Å²) in [6.07, 6.45) is 4.97. The molecule has 0 aliphatic carbocycles. The van der Waals surface area contributed by atoms with E-state index in [2.05, 4.69) is 27.9 Å². The molecule has 0 saturated carbocycles. The van der Waals surface area contributed by atoms with E-state index in [1.807, 2.05) is 47.7 Å². The number of carbonyl (C=O) groups is 2. The Labute approximate surface area is 208 Å².